The van der Waals surface area contributed by atoms with E-state index in [9.17, 15) is 5.11 Å². The van der Waals surface area contributed by atoms with Gasteiger partial charge in [-0.1, -0.05) is 19.4 Å². The Morgan fingerprint density at radius 2 is 2.00 bits per heavy atom. The van der Waals surface area contributed by atoms with Gasteiger partial charge in [-0.3, -0.25) is 0 Å². The molecule has 0 aliphatic carbocycles. The van der Waals surface area contributed by atoms with Crippen LogP contribution in [0.4, 0.5) is 5.82 Å². The van der Waals surface area contributed by atoms with Crippen LogP contribution in [0.1, 0.15) is 45.3 Å². The number of nitrogens with zero attached hydrogens (tertiary/aromatic N) is 1. The van der Waals surface area contributed by atoms with E-state index >= 15 is 0 Å². The van der Waals surface area contributed by atoms with Crippen LogP contribution in [0.3, 0.4) is 0 Å². The van der Waals surface area contributed by atoms with E-state index in [0.717, 1.165) is 18.4 Å². The molecule has 4 N–H and O–H groups in total. The molecule has 0 spiro atoms. The average Bonchev–Trinajstić information content (AvgIpc) is 2.27. The minimum Gasteiger partial charge on any atom is -0.387 e. The molecule has 1 aromatic rings. The van der Waals surface area contributed by atoms with E-state index in [4.69, 9.17) is 5.73 Å². The number of pyridine rings is 1. The number of hydrogen-bond acceptors (Lipinski definition) is 4. The Kier molecular flexibility index (Phi) is 10.2. The van der Waals surface area contributed by atoms with Gasteiger partial charge in [0.25, 0.3) is 0 Å². The summed E-state index contributed by atoms with van der Waals surface area (Å²) in [6.07, 6.45) is 3.28. The number of nitrogen functional groups attached to an aromatic ring is 1. The summed E-state index contributed by atoms with van der Waals surface area (Å²) in [5, 5.41) is 13.4. The zero-order valence-electron chi connectivity index (χ0n) is 11.7. The third-order valence-corrected chi connectivity index (χ3v) is 2.84. The van der Waals surface area contributed by atoms with Gasteiger partial charge in [0, 0.05) is 23.8 Å². The van der Waals surface area contributed by atoms with Crippen molar-refractivity contribution < 1.29 is 5.11 Å². The fraction of sp³-hybridized carbons (Fsp3) is 0.615. The maximum absolute atomic E-state index is 10.00. The molecular formula is C13H25Cl2N3O. The Hall–Kier alpha value is -0.550. The van der Waals surface area contributed by atoms with Gasteiger partial charge in [-0.15, -0.1) is 24.8 Å². The van der Waals surface area contributed by atoms with Gasteiger partial charge in [-0.2, -0.15) is 0 Å². The van der Waals surface area contributed by atoms with Gasteiger partial charge >= 0.3 is 0 Å². The summed E-state index contributed by atoms with van der Waals surface area (Å²) in [6, 6.07) is 3.51. The maximum atomic E-state index is 10.00. The summed E-state index contributed by atoms with van der Waals surface area (Å²) < 4.78 is 0. The summed E-state index contributed by atoms with van der Waals surface area (Å²) in [5.74, 6) is 0.472. The van der Waals surface area contributed by atoms with Crippen LogP contribution in [0.2, 0.25) is 0 Å². The second kappa shape index (κ2) is 9.37. The molecule has 4 nitrogen and oxygen atoms in total. The smallest absolute Gasteiger partial charge is 0.123 e. The van der Waals surface area contributed by atoms with Crippen molar-refractivity contribution in [3.63, 3.8) is 0 Å². The van der Waals surface area contributed by atoms with Crippen molar-refractivity contribution in [2.75, 3.05) is 12.3 Å². The highest BCUT2D eigenvalue weighted by molar-refractivity contribution is 5.85. The third kappa shape index (κ3) is 7.57. The molecule has 0 fully saturated rings. The summed E-state index contributed by atoms with van der Waals surface area (Å²) in [6.45, 7) is 6.97. The lowest BCUT2D eigenvalue weighted by Crippen LogP contribution is -2.41. The van der Waals surface area contributed by atoms with E-state index in [1.54, 1.807) is 12.3 Å². The molecule has 1 rings (SSSR count). The van der Waals surface area contributed by atoms with Crippen LogP contribution in [0.25, 0.3) is 0 Å². The second-order valence-electron chi connectivity index (χ2n) is 5.05. The number of aromatic nitrogens is 1. The largest absolute Gasteiger partial charge is 0.387 e. The fourth-order valence-electron chi connectivity index (χ4n) is 1.82. The first-order chi connectivity index (χ1) is 7.94. The first kappa shape index (κ1) is 20.8. The van der Waals surface area contributed by atoms with Crippen LogP contribution in [0.15, 0.2) is 18.3 Å². The number of aliphatic hydroxyl groups excluding tert-OH is 1. The van der Waals surface area contributed by atoms with Crippen molar-refractivity contribution in [1.29, 1.82) is 0 Å². The summed E-state index contributed by atoms with van der Waals surface area (Å²) in [4.78, 5) is 3.97. The molecule has 0 aliphatic rings. The number of β-amino-alcohol motifs (C(OH)–C–C–N with tert-alkyl or cyclic N) is 1. The van der Waals surface area contributed by atoms with Gasteiger partial charge in [-0.05, 0) is 26.3 Å². The van der Waals surface area contributed by atoms with Crippen LogP contribution in [0.5, 0.6) is 0 Å². The molecule has 19 heavy (non-hydrogen) atoms. The van der Waals surface area contributed by atoms with Crippen LogP contribution < -0.4 is 11.1 Å². The summed E-state index contributed by atoms with van der Waals surface area (Å²) >= 11 is 0. The number of nitrogens with two attached hydrogens (primary N) is 1. The summed E-state index contributed by atoms with van der Waals surface area (Å²) in [7, 11) is 0. The number of anilines is 1. The highest BCUT2D eigenvalue weighted by Crippen LogP contribution is 2.15. The summed E-state index contributed by atoms with van der Waals surface area (Å²) in [5.41, 5.74) is 6.34. The van der Waals surface area contributed by atoms with Crippen LogP contribution >= 0.6 is 24.8 Å². The molecule has 112 valence electrons. The zero-order chi connectivity index (χ0) is 12.9. The van der Waals surface area contributed by atoms with Gasteiger partial charge < -0.3 is 16.2 Å². The van der Waals surface area contributed by atoms with Gasteiger partial charge in [0.1, 0.15) is 5.82 Å². The Bertz CT molecular complexity index is 344. The molecule has 1 aromatic heterocycles. The predicted molar refractivity (Wildman–Crippen MR) is 85.1 cm³/mol. The van der Waals surface area contributed by atoms with Crippen molar-refractivity contribution in [3.8, 4) is 0 Å². The first-order valence-corrected chi connectivity index (χ1v) is 6.09. The molecule has 0 saturated heterocycles. The Morgan fingerprint density at radius 1 is 1.37 bits per heavy atom. The molecule has 1 heterocycles. The highest BCUT2D eigenvalue weighted by Gasteiger charge is 2.17. The third-order valence-electron chi connectivity index (χ3n) is 2.84. The Morgan fingerprint density at radius 3 is 2.47 bits per heavy atom. The van der Waals surface area contributed by atoms with E-state index < -0.39 is 6.10 Å². The van der Waals surface area contributed by atoms with Crippen molar-refractivity contribution in [3.05, 3.63) is 23.9 Å². The van der Waals surface area contributed by atoms with E-state index in [2.05, 4.69) is 31.1 Å². The monoisotopic (exact) mass is 309 g/mol. The molecule has 0 amide bonds. The fourth-order valence-corrected chi connectivity index (χ4v) is 1.82. The second-order valence-corrected chi connectivity index (χ2v) is 5.05. The Balaban J connectivity index is 0. The SMILES string of the molecule is CCCC(C)(C)NC[C@H](O)c1ccc(N)nc1.Cl.Cl. The lowest BCUT2D eigenvalue weighted by atomic mass is 9.98. The lowest BCUT2D eigenvalue weighted by Gasteiger charge is -2.27. The molecule has 0 radical (unpaired) electrons. The van der Waals surface area contributed by atoms with Crippen molar-refractivity contribution >= 4 is 30.6 Å². The van der Waals surface area contributed by atoms with Crippen molar-refractivity contribution in [2.24, 2.45) is 0 Å². The van der Waals surface area contributed by atoms with Crippen LogP contribution in [-0.4, -0.2) is 22.2 Å². The number of nitrogens with one attached hydrogen (secondary N) is 1. The molecule has 0 unspecified atom stereocenters. The quantitative estimate of drug-likeness (QED) is 0.755. The number of halogens is 2. The predicted octanol–water partition coefficient (Wildman–Crippen LogP) is 2.71. The molecule has 1 atom stereocenters. The minimum atomic E-state index is -0.542. The van der Waals surface area contributed by atoms with Crippen molar-refractivity contribution in [1.82, 2.24) is 10.3 Å². The average molecular weight is 310 g/mol. The number of hydrogen-bond donors (Lipinski definition) is 3. The first-order valence-electron chi connectivity index (χ1n) is 6.09. The van der Waals surface area contributed by atoms with Crippen LogP contribution in [0, 0.1) is 0 Å². The molecule has 6 heteroatoms. The lowest BCUT2D eigenvalue weighted by molar-refractivity contribution is 0.158. The zero-order valence-corrected chi connectivity index (χ0v) is 13.4. The Labute approximate surface area is 128 Å². The van der Waals surface area contributed by atoms with Gasteiger partial charge in [0.2, 0.25) is 0 Å². The molecule has 0 saturated carbocycles. The molecule has 0 aliphatic heterocycles. The van der Waals surface area contributed by atoms with E-state index in [1.807, 2.05) is 6.07 Å². The minimum absolute atomic E-state index is 0. The maximum Gasteiger partial charge on any atom is 0.123 e. The van der Waals surface area contributed by atoms with E-state index in [-0.39, 0.29) is 30.4 Å². The standard InChI is InChI=1S/C13H23N3O.2ClH/c1-4-7-13(2,3)16-9-11(17)10-5-6-12(14)15-8-10;;/h5-6,8,11,16-17H,4,7,9H2,1-3H3,(H2,14,15);2*1H/t11-;;/m0../s1. The van der Waals surface area contributed by atoms with E-state index in [0.29, 0.717) is 12.4 Å². The highest BCUT2D eigenvalue weighted by atomic mass is 35.5. The molecule has 0 bridgehead atoms. The van der Waals surface area contributed by atoms with Crippen LogP contribution in [-0.2, 0) is 0 Å². The molecular weight excluding hydrogens is 285 g/mol. The number of rotatable bonds is 6. The number of aliphatic hydroxyl groups is 1. The van der Waals surface area contributed by atoms with Crippen molar-refractivity contribution in [2.45, 2.75) is 45.3 Å². The van der Waals surface area contributed by atoms with E-state index in [1.165, 1.54) is 0 Å². The van der Waals surface area contributed by atoms with Gasteiger partial charge in [0.15, 0.2) is 0 Å². The molecule has 0 aromatic carbocycles. The van der Waals surface area contributed by atoms with Gasteiger partial charge in [0.05, 0.1) is 6.10 Å². The topological polar surface area (TPSA) is 71.2 Å². The van der Waals surface area contributed by atoms with Gasteiger partial charge in [-0.25, -0.2) is 4.98 Å². The normalized spacial score (nSPS) is 12.2.